The molecule has 0 amide bonds. The van der Waals surface area contributed by atoms with Crippen molar-refractivity contribution in [2.45, 2.75) is 63.8 Å². The first-order valence-electron chi connectivity index (χ1n) is 6.04. The van der Waals surface area contributed by atoms with E-state index in [0.717, 1.165) is 6.42 Å². The molecule has 0 bridgehead atoms. The Kier molecular flexibility index (Phi) is 3.98. The van der Waals surface area contributed by atoms with Crippen molar-refractivity contribution in [3.05, 3.63) is 0 Å². The number of aliphatic hydroxyl groups is 1. The highest BCUT2D eigenvalue weighted by Crippen LogP contribution is 2.44. The molecule has 2 N–H and O–H groups in total. The Balaban J connectivity index is 2.63. The lowest BCUT2D eigenvalue weighted by molar-refractivity contribution is -0.124. The van der Waals surface area contributed by atoms with Crippen LogP contribution < -0.4 is 0 Å². The Morgan fingerprint density at radius 1 is 1.38 bits per heavy atom. The van der Waals surface area contributed by atoms with Gasteiger partial charge in [-0.2, -0.15) is 0 Å². The molecule has 1 fully saturated rings. The third-order valence-electron chi connectivity index (χ3n) is 4.04. The summed E-state index contributed by atoms with van der Waals surface area (Å²) in [6, 6.07) is 0. The number of rotatable bonds is 3. The van der Waals surface area contributed by atoms with Crippen LogP contribution in [0.25, 0.3) is 0 Å². The predicted octanol–water partition coefficient (Wildman–Crippen LogP) is 2.08. The SMILES string of the molecule is CC(C)(C[C@H]1CC(=O)CC(O)C1)[Si](C)(C)O. The molecule has 1 aliphatic carbocycles. The number of ketones is 1. The van der Waals surface area contributed by atoms with Crippen LogP contribution in [-0.4, -0.2) is 30.1 Å². The summed E-state index contributed by atoms with van der Waals surface area (Å²) in [6.07, 6.45) is 1.97. The molecule has 0 spiro atoms. The number of hydrogen-bond acceptors (Lipinski definition) is 3. The second-order valence-electron chi connectivity index (χ2n) is 6.35. The fourth-order valence-corrected chi connectivity index (χ4v) is 3.13. The third kappa shape index (κ3) is 3.40. The van der Waals surface area contributed by atoms with E-state index in [9.17, 15) is 14.7 Å². The van der Waals surface area contributed by atoms with Crippen LogP contribution in [0.3, 0.4) is 0 Å². The standard InChI is InChI=1S/C12H24O3Si/c1-12(2,16(3,4)15)8-9-5-10(13)7-11(14)6-9/h9-10,13,15H,5-8H2,1-4H3/t9-,10?/m1/s1. The van der Waals surface area contributed by atoms with E-state index < -0.39 is 14.4 Å². The smallest absolute Gasteiger partial charge is 0.188 e. The lowest BCUT2D eigenvalue weighted by Crippen LogP contribution is -2.41. The number of carbonyl (C=O) groups is 1. The summed E-state index contributed by atoms with van der Waals surface area (Å²) in [6.45, 7) is 8.03. The average molecular weight is 244 g/mol. The van der Waals surface area contributed by atoms with Gasteiger partial charge in [0.2, 0.25) is 0 Å². The summed E-state index contributed by atoms with van der Waals surface area (Å²) in [5.74, 6) is 0.405. The highest BCUT2D eigenvalue weighted by molar-refractivity contribution is 6.72. The molecule has 0 saturated heterocycles. The minimum atomic E-state index is -2.21. The molecule has 94 valence electrons. The lowest BCUT2D eigenvalue weighted by Gasteiger charge is -2.39. The second kappa shape index (κ2) is 4.59. The van der Waals surface area contributed by atoms with E-state index in [0.29, 0.717) is 19.3 Å². The van der Waals surface area contributed by atoms with Crippen LogP contribution >= 0.6 is 0 Å². The summed E-state index contributed by atoms with van der Waals surface area (Å²) in [5.41, 5.74) is 0. The molecule has 0 aliphatic heterocycles. The first-order chi connectivity index (χ1) is 7.12. The molecule has 1 saturated carbocycles. The van der Waals surface area contributed by atoms with Crippen LogP contribution in [0.5, 0.6) is 0 Å². The monoisotopic (exact) mass is 244 g/mol. The summed E-state index contributed by atoms with van der Waals surface area (Å²) in [5, 5.41) is 9.48. The summed E-state index contributed by atoms with van der Waals surface area (Å²) >= 11 is 0. The molecule has 0 aromatic heterocycles. The fraction of sp³-hybridized carbons (Fsp3) is 0.917. The summed E-state index contributed by atoms with van der Waals surface area (Å²) in [7, 11) is -2.21. The topological polar surface area (TPSA) is 57.5 Å². The molecule has 3 nitrogen and oxygen atoms in total. The Bertz CT molecular complexity index is 268. The highest BCUT2D eigenvalue weighted by atomic mass is 28.4. The van der Waals surface area contributed by atoms with Crippen molar-refractivity contribution in [2.75, 3.05) is 0 Å². The van der Waals surface area contributed by atoms with E-state index >= 15 is 0 Å². The van der Waals surface area contributed by atoms with Crippen molar-refractivity contribution >= 4 is 14.1 Å². The zero-order chi connectivity index (χ0) is 12.6. The molecule has 1 unspecified atom stereocenters. The molecule has 4 heteroatoms. The van der Waals surface area contributed by atoms with Gasteiger partial charge >= 0.3 is 0 Å². The number of aliphatic hydroxyl groups excluding tert-OH is 1. The Hall–Kier alpha value is -0.193. The summed E-state index contributed by atoms with van der Waals surface area (Å²) < 4.78 is 0. The van der Waals surface area contributed by atoms with E-state index in [2.05, 4.69) is 13.8 Å². The average Bonchev–Trinajstić information content (AvgIpc) is 1.97. The van der Waals surface area contributed by atoms with E-state index in [1.54, 1.807) is 0 Å². The third-order valence-corrected chi connectivity index (χ3v) is 7.56. The van der Waals surface area contributed by atoms with E-state index in [1.807, 2.05) is 13.1 Å². The van der Waals surface area contributed by atoms with Crippen LogP contribution in [0.2, 0.25) is 18.1 Å². The van der Waals surface area contributed by atoms with Crippen LogP contribution in [0, 0.1) is 5.92 Å². The van der Waals surface area contributed by atoms with Gasteiger partial charge in [0.15, 0.2) is 8.32 Å². The van der Waals surface area contributed by atoms with Gasteiger partial charge in [0.1, 0.15) is 5.78 Å². The Labute approximate surface area is 99.0 Å². The zero-order valence-corrected chi connectivity index (χ0v) is 11.8. The summed E-state index contributed by atoms with van der Waals surface area (Å²) in [4.78, 5) is 21.6. The largest absolute Gasteiger partial charge is 0.432 e. The van der Waals surface area contributed by atoms with Crippen molar-refractivity contribution in [2.24, 2.45) is 5.92 Å². The Morgan fingerprint density at radius 3 is 2.38 bits per heavy atom. The maximum Gasteiger partial charge on any atom is 0.188 e. The molecular formula is C12H24O3Si. The van der Waals surface area contributed by atoms with Gasteiger partial charge in [-0.3, -0.25) is 4.79 Å². The molecule has 0 aromatic rings. The van der Waals surface area contributed by atoms with Crippen molar-refractivity contribution in [3.63, 3.8) is 0 Å². The van der Waals surface area contributed by atoms with Crippen molar-refractivity contribution < 1.29 is 14.7 Å². The quantitative estimate of drug-likeness (QED) is 0.747. The van der Waals surface area contributed by atoms with Crippen LogP contribution in [-0.2, 0) is 4.79 Å². The van der Waals surface area contributed by atoms with Crippen LogP contribution in [0.4, 0.5) is 0 Å². The molecular weight excluding hydrogens is 220 g/mol. The van der Waals surface area contributed by atoms with E-state index in [-0.39, 0.29) is 16.7 Å². The van der Waals surface area contributed by atoms with Gasteiger partial charge in [-0.1, -0.05) is 13.8 Å². The van der Waals surface area contributed by atoms with Crippen LogP contribution in [0.15, 0.2) is 0 Å². The second-order valence-corrected chi connectivity index (χ2v) is 10.8. The predicted molar refractivity (Wildman–Crippen MR) is 66.7 cm³/mol. The minimum absolute atomic E-state index is 0.102. The van der Waals surface area contributed by atoms with Gasteiger partial charge in [-0.05, 0) is 36.9 Å². The highest BCUT2D eigenvalue weighted by Gasteiger charge is 2.41. The first kappa shape index (κ1) is 13.9. The maximum atomic E-state index is 11.4. The maximum absolute atomic E-state index is 11.4. The first-order valence-corrected chi connectivity index (χ1v) is 8.99. The molecule has 0 heterocycles. The van der Waals surface area contributed by atoms with Crippen LogP contribution in [0.1, 0.15) is 39.5 Å². The van der Waals surface area contributed by atoms with Gasteiger partial charge < -0.3 is 9.90 Å². The van der Waals surface area contributed by atoms with Crippen molar-refractivity contribution in [3.8, 4) is 0 Å². The molecule has 2 atom stereocenters. The van der Waals surface area contributed by atoms with E-state index in [4.69, 9.17) is 0 Å². The van der Waals surface area contributed by atoms with Gasteiger partial charge in [0.05, 0.1) is 6.10 Å². The lowest BCUT2D eigenvalue weighted by atomic mass is 9.81. The minimum Gasteiger partial charge on any atom is -0.432 e. The number of carbonyl (C=O) groups excluding carboxylic acids is 1. The van der Waals surface area contributed by atoms with E-state index in [1.165, 1.54) is 0 Å². The van der Waals surface area contributed by atoms with Crippen molar-refractivity contribution in [1.82, 2.24) is 0 Å². The Morgan fingerprint density at radius 2 is 1.94 bits per heavy atom. The van der Waals surface area contributed by atoms with Gasteiger partial charge in [0.25, 0.3) is 0 Å². The number of Topliss-reactive ketones (excluding diaryl/α,β-unsaturated/α-hetero) is 1. The molecule has 1 rings (SSSR count). The number of hydrogen-bond donors (Lipinski definition) is 2. The van der Waals surface area contributed by atoms with Gasteiger partial charge in [-0.15, -0.1) is 0 Å². The van der Waals surface area contributed by atoms with Crippen molar-refractivity contribution in [1.29, 1.82) is 0 Å². The fourth-order valence-electron chi connectivity index (χ4n) is 2.35. The molecule has 16 heavy (non-hydrogen) atoms. The molecule has 0 radical (unpaired) electrons. The van der Waals surface area contributed by atoms with Gasteiger partial charge in [-0.25, -0.2) is 0 Å². The van der Waals surface area contributed by atoms with Gasteiger partial charge in [0, 0.05) is 12.8 Å². The molecule has 0 aromatic carbocycles. The molecule has 1 aliphatic rings. The normalized spacial score (nSPS) is 28.2. The zero-order valence-electron chi connectivity index (χ0n) is 10.8.